The van der Waals surface area contributed by atoms with Crippen molar-refractivity contribution in [2.24, 2.45) is 0 Å². The van der Waals surface area contributed by atoms with Crippen molar-refractivity contribution in [1.82, 2.24) is 0 Å². The van der Waals surface area contributed by atoms with E-state index >= 15 is 0 Å². The highest BCUT2D eigenvalue weighted by molar-refractivity contribution is 7.84. The standard InChI is InChI=1S/C3H8OS2.C2H6O2/c4-1-3(6)2-5;3-1-2-4/h3-6H,1-2H2;3-4H,1-2H2. The molecule has 1 unspecified atom stereocenters. The second-order valence-corrected chi connectivity index (χ2v) is 2.56. The zero-order valence-corrected chi connectivity index (χ0v) is 7.43. The zero-order valence-electron chi connectivity index (χ0n) is 5.64. The van der Waals surface area contributed by atoms with E-state index in [0.29, 0.717) is 5.75 Å². The Morgan fingerprint density at radius 2 is 1.50 bits per heavy atom. The van der Waals surface area contributed by atoms with Crippen molar-refractivity contribution < 1.29 is 15.3 Å². The summed E-state index contributed by atoms with van der Waals surface area (Å²) in [5.41, 5.74) is 0. The molecule has 0 rings (SSSR count). The molecule has 10 heavy (non-hydrogen) atoms. The van der Waals surface area contributed by atoms with Crippen LogP contribution in [0.25, 0.3) is 0 Å². The highest BCUT2D eigenvalue weighted by atomic mass is 32.1. The van der Waals surface area contributed by atoms with Crippen LogP contribution in [0, 0.1) is 0 Å². The van der Waals surface area contributed by atoms with Gasteiger partial charge in [0.15, 0.2) is 0 Å². The Labute approximate surface area is 71.9 Å². The fraction of sp³-hybridized carbons (Fsp3) is 1.00. The summed E-state index contributed by atoms with van der Waals surface area (Å²) in [6.07, 6.45) is 0. The molecule has 3 N–H and O–H groups in total. The number of aliphatic hydroxyl groups excluding tert-OH is 3. The van der Waals surface area contributed by atoms with Crippen LogP contribution in [-0.2, 0) is 0 Å². The van der Waals surface area contributed by atoms with E-state index in [1.807, 2.05) is 0 Å². The molecule has 0 saturated heterocycles. The van der Waals surface area contributed by atoms with Gasteiger partial charge in [-0.05, 0) is 0 Å². The Bertz CT molecular complexity index is 48.2. The minimum Gasteiger partial charge on any atom is -0.395 e. The van der Waals surface area contributed by atoms with Crippen molar-refractivity contribution in [3.05, 3.63) is 0 Å². The molecule has 0 aliphatic heterocycles. The molecule has 64 valence electrons. The zero-order chi connectivity index (χ0) is 8.41. The van der Waals surface area contributed by atoms with Gasteiger partial charge in [-0.1, -0.05) is 0 Å². The third kappa shape index (κ3) is 15.8. The van der Waals surface area contributed by atoms with E-state index in [2.05, 4.69) is 25.3 Å². The van der Waals surface area contributed by atoms with Crippen LogP contribution in [-0.4, -0.2) is 46.1 Å². The number of aliphatic hydroxyl groups is 3. The first kappa shape index (κ1) is 13.2. The van der Waals surface area contributed by atoms with E-state index in [1.165, 1.54) is 0 Å². The SMILES string of the molecule is OCC(S)CS.OCCO. The first-order chi connectivity index (χ1) is 4.72. The van der Waals surface area contributed by atoms with E-state index in [1.54, 1.807) is 0 Å². The van der Waals surface area contributed by atoms with Gasteiger partial charge in [-0.15, -0.1) is 0 Å². The van der Waals surface area contributed by atoms with Crippen molar-refractivity contribution >= 4 is 25.3 Å². The summed E-state index contributed by atoms with van der Waals surface area (Å²) < 4.78 is 0. The van der Waals surface area contributed by atoms with E-state index in [-0.39, 0.29) is 25.1 Å². The average molecular weight is 186 g/mol. The van der Waals surface area contributed by atoms with Gasteiger partial charge in [0.25, 0.3) is 0 Å². The predicted molar refractivity (Wildman–Crippen MR) is 47.9 cm³/mol. The lowest BCUT2D eigenvalue weighted by atomic mass is 10.5. The Balaban J connectivity index is 0. The minimum absolute atomic E-state index is 0.0494. The van der Waals surface area contributed by atoms with E-state index in [4.69, 9.17) is 15.3 Å². The largest absolute Gasteiger partial charge is 0.395 e. The molecule has 0 spiro atoms. The molecule has 0 aromatic rings. The quantitative estimate of drug-likeness (QED) is 0.374. The van der Waals surface area contributed by atoms with Gasteiger partial charge >= 0.3 is 0 Å². The third-order valence-corrected chi connectivity index (χ3v) is 1.60. The van der Waals surface area contributed by atoms with Gasteiger partial charge in [-0.3, -0.25) is 0 Å². The van der Waals surface area contributed by atoms with Gasteiger partial charge in [0, 0.05) is 11.0 Å². The summed E-state index contributed by atoms with van der Waals surface area (Å²) >= 11 is 7.76. The smallest absolute Gasteiger partial charge is 0.0662 e. The molecule has 5 heteroatoms. The van der Waals surface area contributed by atoms with Gasteiger partial charge in [0.05, 0.1) is 19.8 Å². The summed E-state index contributed by atoms with van der Waals surface area (Å²) in [7, 11) is 0. The molecule has 0 heterocycles. The average Bonchev–Trinajstić information content (AvgIpc) is 2.03. The lowest BCUT2D eigenvalue weighted by Crippen LogP contribution is -2.04. The van der Waals surface area contributed by atoms with Crippen LogP contribution in [0.15, 0.2) is 0 Å². The summed E-state index contributed by atoms with van der Waals surface area (Å²) in [6.45, 7) is -0.132. The highest BCUT2D eigenvalue weighted by Gasteiger charge is 1.92. The van der Waals surface area contributed by atoms with E-state index in [9.17, 15) is 0 Å². The van der Waals surface area contributed by atoms with Crippen LogP contribution in [0.5, 0.6) is 0 Å². The maximum atomic E-state index is 8.21. The Hall–Kier alpha value is 0.580. The maximum absolute atomic E-state index is 8.21. The van der Waals surface area contributed by atoms with Crippen molar-refractivity contribution in [3.8, 4) is 0 Å². The minimum atomic E-state index is -0.125. The second-order valence-electron chi connectivity index (χ2n) is 1.47. The summed E-state index contributed by atoms with van der Waals surface area (Å²) in [5, 5.41) is 23.5. The van der Waals surface area contributed by atoms with Crippen LogP contribution in [0.2, 0.25) is 0 Å². The Morgan fingerprint density at radius 1 is 1.10 bits per heavy atom. The molecule has 0 saturated carbocycles. The first-order valence-electron chi connectivity index (χ1n) is 2.84. The topological polar surface area (TPSA) is 60.7 Å². The van der Waals surface area contributed by atoms with Gasteiger partial charge < -0.3 is 15.3 Å². The van der Waals surface area contributed by atoms with Gasteiger partial charge in [-0.2, -0.15) is 25.3 Å². The Morgan fingerprint density at radius 3 is 1.50 bits per heavy atom. The molecule has 0 amide bonds. The molecule has 0 fully saturated rings. The second kappa shape index (κ2) is 12.3. The molecule has 0 bridgehead atoms. The molecule has 3 nitrogen and oxygen atoms in total. The molecule has 0 aromatic carbocycles. The normalized spacial score (nSPS) is 11.7. The Kier molecular flexibility index (Phi) is 16.2. The number of thiol groups is 2. The van der Waals surface area contributed by atoms with Crippen LogP contribution < -0.4 is 0 Å². The summed E-state index contributed by atoms with van der Waals surface area (Å²) in [5.74, 6) is 0.639. The van der Waals surface area contributed by atoms with E-state index in [0.717, 1.165) is 0 Å². The summed E-state index contributed by atoms with van der Waals surface area (Å²) in [4.78, 5) is 0. The highest BCUT2D eigenvalue weighted by Crippen LogP contribution is 1.93. The number of hydrogen-bond acceptors (Lipinski definition) is 5. The van der Waals surface area contributed by atoms with Crippen LogP contribution >= 0.6 is 25.3 Å². The van der Waals surface area contributed by atoms with Crippen molar-refractivity contribution in [3.63, 3.8) is 0 Å². The van der Waals surface area contributed by atoms with E-state index < -0.39 is 0 Å². The van der Waals surface area contributed by atoms with Gasteiger partial charge in [-0.25, -0.2) is 0 Å². The number of rotatable bonds is 3. The molecular formula is C5H14O3S2. The lowest BCUT2D eigenvalue weighted by molar-refractivity contribution is 0.186. The van der Waals surface area contributed by atoms with Crippen LogP contribution in [0.4, 0.5) is 0 Å². The van der Waals surface area contributed by atoms with Gasteiger partial charge in [0.2, 0.25) is 0 Å². The maximum Gasteiger partial charge on any atom is 0.0662 e. The molecule has 0 aromatic heterocycles. The van der Waals surface area contributed by atoms with Crippen molar-refractivity contribution in [2.75, 3.05) is 25.6 Å². The molecule has 1 atom stereocenters. The fourth-order valence-electron chi connectivity index (χ4n) is 0.0577. The van der Waals surface area contributed by atoms with Gasteiger partial charge in [0.1, 0.15) is 0 Å². The number of hydrogen-bond donors (Lipinski definition) is 5. The molecular weight excluding hydrogens is 172 g/mol. The third-order valence-electron chi connectivity index (χ3n) is 0.521. The molecule has 0 radical (unpaired) electrons. The van der Waals surface area contributed by atoms with Crippen LogP contribution in [0.3, 0.4) is 0 Å². The lowest BCUT2D eigenvalue weighted by Gasteiger charge is -1.96. The fourth-order valence-corrected chi connectivity index (χ4v) is 0.173. The molecule has 0 aliphatic rings. The predicted octanol–water partition coefficient (Wildman–Crippen LogP) is -0.822. The monoisotopic (exact) mass is 186 g/mol. The molecule has 0 aliphatic carbocycles. The van der Waals surface area contributed by atoms with Crippen molar-refractivity contribution in [1.29, 1.82) is 0 Å². The summed E-state index contributed by atoms with van der Waals surface area (Å²) in [6, 6.07) is 0. The van der Waals surface area contributed by atoms with Crippen molar-refractivity contribution in [2.45, 2.75) is 5.25 Å². The van der Waals surface area contributed by atoms with Crippen LogP contribution in [0.1, 0.15) is 0 Å². The first-order valence-corrected chi connectivity index (χ1v) is 3.99.